The Morgan fingerprint density at radius 2 is 1.72 bits per heavy atom. The fourth-order valence-electron chi connectivity index (χ4n) is 1.94. The molecule has 8 heteroatoms. The zero-order valence-corrected chi connectivity index (χ0v) is 13.1. The van der Waals surface area contributed by atoms with E-state index in [-0.39, 0.29) is 18.2 Å². The average Bonchev–Trinajstić information content (AvgIpc) is 2.56. The molecule has 0 spiro atoms. The minimum atomic E-state index is -4.73. The number of nitrogens with zero attached hydrogens (tertiary/aromatic N) is 2. The fourth-order valence-corrected chi connectivity index (χ4v) is 1.94. The number of ether oxygens (including phenoxy) is 1. The molecule has 0 saturated carbocycles. The van der Waals surface area contributed by atoms with Crippen LogP contribution in [0.2, 0.25) is 0 Å². The van der Waals surface area contributed by atoms with E-state index in [1.165, 1.54) is 18.5 Å². The van der Waals surface area contributed by atoms with Gasteiger partial charge in [0.2, 0.25) is 0 Å². The van der Waals surface area contributed by atoms with Crippen molar-refractivity contribution in [2.75, 3.05) is 6.61 Å². The van der Waals surface area contributed by atoms with Gasteiger partial charge in [-0.2, -0.15) is 0 Å². The van der Waals surface area contributed by atoms with Crippen LogP contribution in [0.3, 0.4) is 0 Å². The molecule has 132 valence electrons. The second-order valence-corrected chi connectivity index (χ2v) is 4.97. The van der Waals surface area contributed by atoms with Crippen molar-refractivity contribution in [3.63, 3.8) is 0 Å². The van der Waals surface area contributed by atoms with E-state index in [0.29, 0.717) is 17.7 Å². The monoisotopic (exact) mass is 351 g/mol. The van der Waals surface area contributed by atoms with E-state index < -0.39 is 6.36 Å². The molecular formula is C17H16F3N3O2. The maximum atomic E-state index is 12.1. The average molecular weight is 351 g/mol. The van der Waals surface area contributed by atoms with E-state index in [1.807, 2.05) is 12.1 Å². The summed E-state index contributed by atoms with van der Waals surface area (Å²) in [5.74, 6) is -0.0752. The standard InChI is InChI=1S/C17H16F3N3O2/c18-17(19,20)25-15-7-5-14(6-8-15)22-11-23-16(21)13-3-1-12(2-4-13)9-10-24/h1-8,11,24H,9-10H2,(H2,21,22,23). The number of hydrogen-bond acceptors (Lipinski definition) is 3. The number of hydrogen-bond donors (Lipinski definition) is 2. The third-order valence-electron chi connectivity index (χ3n) is 3.12. The summed E-state index contributed by atoms with van der Waals surface area (Å²) in [4.78, 5) is 7.98. The molecule has 0 aliphatic heterocycles. The van der Waals surface area contributed by atoms with Crippen molar-refractivity contribution < 1.29 is 23.0 Å². The van der Waals surface area contributed by atoms with Gasteiger partial charge in [-0.1, -0.05) is 24.3 Å². The highest BCUT2D eigenvalue weighted by Crippen LogP contribution is 2.24. The Morgan fingerprint density at radius 3 is 2.28 bits per heavy atom. The van der Waals surface area contributed by atoms with Crippen LogP contribution in [0, 0.1) is 0 Å². The Labute approximate surface area is 142 Å². The second-order valence-electron chi connectivity index (χ2n) is 4.97. The third kappa shape index (κ3) is 6.27. The summed E-state index contributed by atoms with van der Waals surface area (Å²) in [6, 6.07) is 12.3. The van der Waals surface area contributed by atoms with Gasteiger partial charge in [-0.15, -0.1) is 13.2 Å². The number of alkyl halides is 3. The zero-order valence-electron chi connectivity index (χ0n) is 13.1. The summed E-state index contributed by atoms with van der Waals surface area (Å²) in [5.41, 5.74) is 7.92. The molecule has 0 bridgehead atoms. The molecule has 0 aromatic heterocycles. The van der Waals surface area contributed by atoms with Crippen LogP contribution >= 0.6 is 0 Å². The molecule has 0 aliphatic rings. The van der Waals surface area contributed by atoms with Crippen molar-refractivity contribution in [1.29, 1.82) is 0 Å². The fraction of sp³-hybridized carbons (Fsp3) is 0.176. The molecule has 2 aromatic rings. The molecule has 3 N–H and O–H groups in total. The van der Waals surface area contributed by atoms with Crippen molar-refractivity contribution in [3.8, 4) is 5.75 Å². The van der Waals surface area contributed by atoms with Crippen molar-refractivity contribution in [2.24, 2.45) is 15.7 Å². The maximum absolute atomic E-state index is 12.1. The van der Waals surface area contributed by atoms with E-state index in [9.17, 15) is 13.2 Å². The van der Waals surface area contributed by atoms with E-state index >= 15 is 0 Å². The van der Waals surface area contributed by atoms with Gasteiger partial charge in [0.05, 0.1) is 5.69 Å². The number of nitrogens with two attached hydrogens (primary N) is 1. The Hall–Kier alpha value is -2.87. The first kappa shape index (κ1) is 18.5. The van der Waals surface area contributed by atoms with E-state index in [4.69, 9.17) is 10.8 Å². The number of aliphatic hydroxyl groups is 1. The molecule has 0 fully saturated rings. The van der Waals surface area contributed by atoms with Crippen molar-refractivity contribution >= 4 is 17.9 Å². The van der Waals surface area contributed by atoms with Gasteiger partial charge in [-0.05, 0) is 36.2 Å². The van der Waals surface area contributed by atoms with Crippen LogP contribution in [-0.4, -0.2) is 30.2 Å². The van der Waals surface area contributed by atoms with Gasteiger partial charge in [0, 0.05) is 12.2 Å². The van der Waals surface area contributed by atoms with Crippen LogP contribution < -0.4 is 10.5 Å². The lowest BCUT2D eigenvalue weighted by molar-refractivity contribution is -0.274. The number of aliphatic imine (C=N–C) groups is 2. The number of aliphatic hydroxyl groups excluding tert-OH is 1. The van der Waals surface area contributed by atoms with Crippen molar-refractivity contribution in [3.05, 3.63) is 59.7 Å². The first-order chi connectivity index (χ1) is 11.9. The minimum absolute atomic E-state index is 0.0718. The van der Waals surface area contributed by atoms with Gasteiger partial charge in [-0.25, -0.2) is 9.98 Å². The van der Waals surface area contributed by atoms with Gasteiger partial charge in [0.25, 0.3) is 0 Å². The lowest BCUT2D eigenvalue weighted by Gasteiger charge is -2.08. The molecule has 0 radical (unpaired) electrons. The molecule has 5 nitrogen and oxygen atoms in total. The minimum Gasteiger partial charge on any atom is -0.406 e. The number of amidine groups is 1. The molecule has 25 heavy (non-hydrogen) atoms. The van der Waals surface area contributed by atoms with Crippen LogP contribution in [0.5, 0.6) is 5.75 Å². The normalized spacial score (nSPS) is 12.6. The smallest absolute Gasteiger partial charge is 0.406 e. The van der Waals surface area contributed by atoms with Crippen LogP contribution in [0.4, 0.5) is 18.9 Å². The lowest BCUT2D eigenvalue weighted by atomic mass is 10.1. The highest BCUT2D eigenvalue weighted by atomic mass is 19.4. The number of halogens is 3. The molecule has 0 saturated heterocycles. The third-order valence-corrected chi connectivity index (χ3v) is 3.12. The van der Waals surface area contributed by atoms with Crippen LogP contribution in [0.25, 0.3) is 0 Å². The maximum Gasteiger partial charge on any atom is 0.573 e. The quantitative estimate of drug-likeness (QED) is 0.620. The Morgan fingerprint density at radius 1 is 1.08 bits per heavy atom. The topological polar surface area (TPSA) is 80.2 Å². The van der Waals surface area contributed by atoms with Gasteiger partial charge in [0.1, 0.15) is 17.9 Å². The largest absolute Gasteiger partial charge is 0.573 e. The Kier molecular flexibility index (Phi) is 6.13. The highest BCUT2D eigenvalue weighted by molar-refractivity contribution is 6.01. The van der Waals surface area contributed by atoms with Gasteiger partial charge >= 0.3 is 6.36 Å². The first-order valence-corrected chi connectivity index (χ1v) is 7.29. The van der Waals surface area contributed by atoms with Crippen LogP contribution in [-0.2, 0) is 6.42 Å². The van der Waals surface area contributed by atoms with Crippen molar-refractivity contribution in [1.82, 2.24) is 0 Å². The van der Waals surface area contributed by atoms with Gasteiger partial charge in [0.15, 0.2) is 0 Å². The molecule has 2 rings (SSSR count). The van der Waals surface area contributed by atoms with E-state index in [1.54, 1.807) is 12.1 Å². The van der Waals surface area contributed by atoms with Gasteiger partial charge in [-0.3, -0.25) is 0 Å². The summed E-state index contributed by atoms with van der Waals surface area (Å²) in [6.07, 6.45) is -2.94. The summed E-state index contributed by atoms with van der Waals surface area (Å²) >= 11 is 0. The SMILES string of the molecule is NC(=NC=Nc1ccc(OC(F)(F)F)cc1)c1ccc(CCO)cc1. The van der Waals surface area contributed by atoms with Gasteiger partial charge < -0.3 is 15.6 Å². The molecule has 2 aromatic carbocycles. The highest BCUT2D eigenvalue weighted by Gasteiger charge is 2.30. The predicted molar refractivity (Wildman–Crippen MR) is 89.2 cm³/mol. The predicted octanol–water partition coefficient (Wildman–Crippen LogP) is 3.19. The molecular weight excluding hydrogens is 335 g/mol. The number of rotatable bonds is 6. The van der Waals surface area contributed by atoms with E-state index in [2.05, 4.69) is 14.7 Å². The van der Waals surface area contributed by atoms with E-state index in [0.717, 1.165) is 17.7 Å². The molecule has 0 unspecified atom stereocenters. The summed E-state index contributed by atoms with van der Waals surface area (Å²) in [5, 5.41) is 8.87. The number of benzene rings is 2. The van der Waals surface area contributed by atoms with Crippen LogP contribution in [0.15, 0.2) is 58.5 Å². The molecule has 0 atom stereocenters. The zero-order chi connectivity index (χ0) is 18.3. The first-order valence-electron chi connectivity index (χ1n) is 7.29. The molecule has 0 amide bonds. The Bertz CT molecular complexity index is 739. The summed E-state index contributed by atoms with van der Waals surface area (Å²) in [6.45, 7) is 0.0718. The molecule has 0 heterocycles. The Balaban J connectivity index is 1.99. The van der Waals surface area contributed by atoms with Crippen molar-refractivity contribution in [2.45, 2.75) is 12.8 Å². The summed E-state index contributed by atoms with van der Waals surface area (Å²) in [7, 11) is 0. The molecule has 0 aliphatic carbocycles. The lowest BCUT2D eigenvalue weighted by Crippen LogP contribution is -2.16. The van der Waals surface area contributed by atoms with Crippen LogP contribution in [0.1, 0.15) is 11.1 Å². The summed E-state index contributed by atoms with van der Waals surface area (Å²) < 4.78 is 40.0. The second kappa shape index (κ2) is 8.29.